The minimum atomic E-state index is -1.06. The Balaban J connectivity index is 4.50. The fourth-order valence-electron chi connectivity index (χ4n) is 1.06. The van der Waals surface area contributed by atoms with Crippen molar-refractivity contribution >= 4 is 11.9 Å². The Kier molecular flexibility index (Phi) is 5.17. The quantitative estimate of drug-likeness (QED) is 0.458. The van der Waals surface area contributed by atoms with Crippen molar-refractivity contribution in [3.05, 3.63) is 0 Å². The number of terminal acetylenes is 1. The molecular weight excluding hydrogens is 220 g/mol. The van der Waals surface area contributed by atoms with Crippen molar-refractivity contribution in [2.45, 2.75) is 33.2 Å². The Labute approximate surface area is 102 Å². The largest absolute Gasteiger partial charge is 0.481 e. The molecule has 0 bridgehead atoms. The second kappa shape index (κ2) is 5.69. The average Bonchev–Trinajstić information content (AvgIpc) is 2.16. The zero-order valence-electron chi connectivity index (χ0n) is 10.8. The number of carboxylic acid groups (broad SMARTS) is 1. The predicted octanol–water partition coefficient (Wildman–Crippen LogP) is 0.215. The third-order valence-corrected chi connectivity index (χ3v) is 3.06. The summed E-state index contributed by atoms with van der Waals surface area (Å²) in [4.78, 5) is 22.7. The lowest BCUT2D eigenvalue weighted by atomic mass is 9.74. The monoisotopic (exact) mass is 240 g/mol. The van der Waals surface area contributed by atoms with Crippen LogP contribution in [-0.2, 0) is 9.59 Å². The molecule has 3 N–H and O–H groups in total. The van der Waals surface area contributed by atoms with Crippen molar-refractivity contribution in [3.63, 3.8) is 0 Å². The fraction of sp³-hybridized carbons (Fsp3) is 0.667. The van der Waals surface area contributed by atoms with Gasteiger partial charge < -0.3 is 10.4 Å². The highest BCUT2D eigenvalue weighted by Gasteiger charge is 2.44. The number of rotatable bonds is 6. The van der Waals surface area contributed by atoms with Crippen LogP contribution in [0.5, 0.6) is 0 Å². The van der Waals surface area contributed by atoms with E-state index in [0.717, 1.165) is 0 Å². The number of hydrogen-bond donors (Lipinski definition) is 3. The summed E-state index contributed by atoms with van der Waals surface area (Å²) in [5.41, 5.74) is -1.91. The van der Waals surface area contributed by atoms with E-state index in [9.17, 15) is 9.59 Å². The van der Waals surface area contributed by atoms with E-state index in [2.05, 4.69) is 16.6 Å². The zero-order valence-corrected chi connectivity index (χ0v) is 10.8. The molecule has 5 nitrogen and oxygen atoms in total. The molecule has 0 spiro atoms. The maximum Gasteiger partial charge on any atom is 0.311 e. The van der Waals surface area contributed by atoms with Gasteiger partial charge >= 0.3 is 5.97 Å². The number of carboxylic acids is 1. The van der Waals surface area contributed by atoms with Crippen LogP contribution in [0.3, 0.4) is 0 Å². The van der Waals surface area contributed by atoms with Gasteiger partial charge in [-0.1, -0.05) is 5.92 Å². The van der Waals surface area contributed by atoms with Crippen molar-refractivity contribution < 1.29 is 14.7 Å². The molecule has 0 aliphatic carbocycles. The van der Waals surface area contributed by atoms with E-state index in [0.29, 0.717) is 6.54 Å². The molecule has 1 amide bonds. The molecule has 17 heavy (non-hydrogen) atoms. The van der Waals surface area contributed by atoms with Gasteiger partial charge in [-0.3, -0.25) is 14.9 Å². The topological polar surface area (TPSA) is 78.4 Å². The van der Waals surface area contributed by atoms with Crippen LogP contribution >= 0.6 is 0 Å². The number of amides is 1. The molecule has 0 saturated carbocycles. The Bertz CT molecular complexity index is 340. The van der Waals surface area contributed by atoms with E-state index in [1.165, 1.54) is 0 Å². The van der Waals surface area contributed by atoms with Crippen LogP contribution in [-0.4, -0.2) is 35.6 Å². The lowest BCUT2D eigenvalue weighted by molar-refractivity contribution is -0.151. The molecule has 0 saturated heterocycles. The highest BCUT2D eigenvalue weighted by atomic mass is 16.4. The normalized spacial score (nSPS) is 11.7. The molecule has 0 atom stereocenters. The summed E-state index contributed by atoms with van der Waals surface area (Å²) in [6.45, 7) is 6.88. The molecule has 0 fully saturated rings. The first-order valence-corrected chi connectivity index (χ1v) is 5.33. The standard InChI is InChI=1S/C12H20N2O3/c1-6-7-13-8-9(15)14-12(4,5)11(2,3)10(16)17/h1,13H,7-8H2,2-5H3,(H,14,15)(H,16,17). The van der Waals surface area contributed by atoms with Gasteiger partial charge in [0, 0.05) is 0 Å². The molecule has 0 aliphatic rings. The van der Waals surface area contributed by atoms with Crippen LogP contribution in [0.15, 0.2) is 0 Å². The lowest BCUT2D eigenvalue weighted by Crippen LogP contribution is -2.58. The summed E-state index contributed by atoms with van der Waals surface area (Å²) in [7, 11) is 0. The Morgan fingerprint density at radius 3 is 2.24 bits per heavy atom. The minimum Gasteiger partial charge on any atom is -0.481 e. The summed E-state index contributed by atoms with van der Waals surface area (Å²) in [5, 5.41) is 14.5. The number of carbonyl (C=O) groups excluding carboxylic acids is 1. The third-order valence-electron chi connectivity index (χ3n) is 3.06. The van der Waals surface area contributed by atoms with Gasteiger partial charge in [0.05, 0.1) is 24.0 Å². The van der Waals surface area contributed by atoms with Crippen molar-refractivity contribution in [3.8, 4) is 12.3 Å². The van der Waals surface area contributed by atoms with E-state index >= 15 is 0 Å². The van der Waals surface area contributed by atoms with Gasteiger partial charge in [0.15, 0.2) is 0 Å². The molecule has 0 aromatic carbocycles. The highest BCUT2D eigenvalue weighted by molar-refractivity contribution is 5.81. The van der Waals surface area contributed by atoms with Gasteiger partial charge in [0.25, 0.3) is 0 Å². The molecule has 0 unspecified atom stereocenters. The summed E-state index contributed by atoms with van der Waals surface area (Å²) < 4.78 is 0. The van der Waals surface area contributed by atoms with Gasteiger partial charge in [0.2, 0.25) is 5.91 Å². The highest BCUT2D eigenvalue weighted by Crippen LogP contribution is 2.30. The molecule has 0 heterocycles. The van der Waals surface area contributed by atoms with Crippen molar-refractivity contribution in [2.24, 2.45) is 5.41 Å². The molecule has 5 heteroatoms. The van der Waals surface area contributed by atoms with Crippen LogP contribution in [0, 0.1) is 17.8 Å². The Morgan fingerprint density at radius 2 is 1.82 bits per heavy atom. The SMILES string of the molecule is C#CCNCC(=O)NC(C)(C)C(C)(C)C(=O)O. The van der Waals surface area contributed by atoms with E-state index < -0.39 is 16.9 Å². The summed E-state index contributed by atoms with van der Waals surface area (Å²) in [6, 6.07) is 0. The third kappa shape index (κ3) is 4.08. The van der Waals surface area contributed by atoms with Gasteiger partial charge in [0.1, 0.15) is 0 Å². The summed E-state index contributed by atoms with van der Waals surface area (Å²) >= 11 is 0. The Morgan fingerprint density at radius 1 is 1.29 bits per heavy atom. The lowest BCUT2D eigenvalue weighted by Gasteiger charge is -2.38. The second-order valence-corrected chi connectivity index (χ2v) is 4.91. The first kappa shape index (κ1) is 15.5. The van der Waals surface area contributed by atoms with Gasteiger partial charge in [-0.2, -0.15) is 0 Å². The van der Waals surface area contributed by atoms with Gasteiger partial charge in [-0.25, -0.2) is 0 Å². The number of carbonyl (C=O) groups is 2. The van der Waals surface area contributed by atoms with E-state index in [1.54, 1.807) is 27.7 Å². The molecular formula is C12H20N2O3. The fourth-order valence-corrected chi connectivity index (χ4v) is 1.06. The molecule has 0 aliphatic heterocycles. The van der Waals surface area contributed by atoms with E-state index in [4.69, 9.17) is 11.5 Å². The minimum absolute atomic E-state index is 0.0727. The molecule has 96 valence electrons. The van der Waals surface area contributed by atoms with Crippen LogP contribution < -0.4 is 10.6 Å². The summed E-state index contributed by atoms with van der Waals surface area (Å²) in [5.74, 6) is 1.11. The van der Waals surface area contributed by atoms with Crippen molar-refractivity contribution in [1.82, 2.24) is 10.6 Å². The van der Waals surface area contributed by atoms with Crippen LogP contribution in [0.2, 0.25) is 0 Å². The maximum atomic E-state index is 11.6. The van der Waals surface area contributed by atoms with E-state index in [1.807, 2.05) is 0 Å². The molecule has 0 rings (SSSR count). The van der Waals surface area contributed by atoms with Crippen molar-refractivity contribution in [2.75, 3.05) is 13.1 Å². The molecule has 0 aromatic rings. The number of aliphatic carboxylic acids is 1. The first-order chi connectivity index (χ1) is 7.65. The summed E-state index contributed by atoms with van der Waals surface area (Å²) in [6.07, 6.45) is 5.03. The Hall–Kier alpha value is -1.54. The van der Waals surface area contributed by atoms with E-state index in [-0.39, 0.29) is 12.5 Å². The zero-order chi connectivity index (χ0) is 13.7. The van der Waals surface area contributed by atoms with Crippen LogP contribution in [0.1, 0.15) is 27.7 Å². The number of nitrogens with one attached hydrogen (secondary N) is 2. The van der Waals surface area contributed by atoms with Gasteiger partial charge in [-0.05, 0) is 27.7 Å². The second-order valence-electron chi connectivity index (χ2n) is 4.91. The average molecular weight is 240 g/mol. The smallest absolute Gasteiger partial charge is 0.311 e. The first-order valence-electron chi connectivity index (χ1n) is 5.33. The maximum absolute atomic E-state index is 11.6. The molecule has 0 aromatic heterocycles. The molecule has 0 radical (unpaired) electrons. The predicted molar refractivity (Wildman–Crippen MR) is 65.3 cm³/mol. The number of hydrogen-bond acceptors (Lipinski definition) is 3. The van der Waals surface area contributed by atoms with Crippen molar-refractivity contribution in [1.29, 1.82) is 0 Å². The van der Waals surface area contributed by atoms with Crippen LogP contribution in [0.4, 0.5) is 0 Å². The van der Waals surface area contributed by atoms with Crippen LogP contribution in [0.25, 0.3) is 0 Å². The van der Waals surface area contributed by atoms with Gasteiger partial charge in [-0.15, -0.1) is 6.42 Å².